The molecule has 0 saturated carbocycles. The van der Waals surface area contributed by atoms with Gasteiger partial charge in [0, 0.05) is 22.2 Å². The molecule has 1 aromatic heterocycles. The monoisotopic (exact) mass is 531 g/mol. The van der Waals surface area contributed by atoms with Crippen LogP contribution >= 0.6 is 23.4 Å². The van der Waals surface area contributed by atoms with E-state index in [0.29, 0.717) is 27.5 Å². The second-order valence-corrected chi connectivity index (χ2v) is 10.1. The lowest BCUT2D eigenvalue weighted by Gasteiger charge is -2.29. The summed E-state index contributed by atoms with van der Waals surface area (Å²) in [7, 11) is 1.63. The van der Waals surface area contributed by atoms with Crippen molar-refractivity contribution in [2.45, 2.75) is 30.8 Å². The third-order valence-electron chi connectivity index (χ3n) is 6.18. The Hall–Kier alpha value is -3.75. The second-order valence-electron chi connectivity index (χ2n) is 8.69. The Morgan fingerprint density at radius 1 is 1.08 bits per heavy atom. The number of hydrogen-bond donors (Lipinski definition) is 2. The molecule has 188 valence electrons. The molecule has 0 aliphatic carbocycles. The third-order valence-corrected chi connectivity index (χ3v) is 7.34. The third kappa shape index (κ3) is 5.35. The number of fused-ring (bicyclic) bond motifs is 1. The molecule has 0 radical (unpaired) electrons. The zero-order chi connectivity index (χ0) is 25.9. The first kappa shape index (κ1) is 24.9. The van der Waals surface area contributed by atoms with Gasteiger partial charge in [-0.15, -0.1) is 5.10 Å². The van der Waals surface area contributed by atoms with Gasteiger partial charge in [-0.1, -0.05) is 65.8 Å². The topological polar surface area (TPSA) is 81.1 Å². The van der Waals surface area contributed by atoms with E-state index in [-0.39, 0.29) is 5.91 Å². The van der Waals surface area contributed by atoms with Gasteiger partial charge in [0.2, 0.25) is 11.1 Å². The van der Waals surface area contributed by atoms with E-state index in [4.69, 9.17) is 26.4 Å². The van der Waals surface area contributed by atoms with Gasteiger partial charge in [0.25, 0.3) is 5.91 Å². The van der Waals surface area contributed by atoms with Crippen molar-refractivity contribution in [3.05, 3.63) is 106 Å². The average molecular weight is 532 g/mol. The molecule has 1 atom stereocenters. The normalized spacial score (nSPS) is 14.6. The van der Waals surface area contributed by atoms with E-state index in [1.807, 2.05) is 86.6 Å². The maximum atomic E-state index is 13.7. The molecule has 2 N–H and O–H groups in total. The van der Waals surface area contributed by atoms with Gasteiger partial charge in [-0.05, 0) is 60.9 Å². The summed E-state index contributed by atoms with van der Waals surface area (Å²) >= 11 is 7.54. The van der Waals surface area contributed by atoms with Crippen molar-refractivity contribution >= 4 is 40.9 Å². The van der Waals surface area contributed by atoms with Crippen molar-refractivity contribution in [2.24, 2.45) is 0 Å². The van der Waals surface area contributed by atoms with Crippen LogP contribution in [0.25, 0.3) is 0 Å². The molecule has 7 nitrogen and oxygen atoms in total. The van der Waals surface area contributed by atoms with Gasteiger partial charge in [0.1, 0.15) is 11.8 Å². The van der Waals surface area contributed by atoms with Crippen LogP contribution < -0.4 is 15.4 Å². The van der Waals surface area contributed by atoms with Gasteiger partial charge >= 0.3 is 0 Å². The average Bonchev–Trinajstić information content (AvgIpc) is 3.31. The Morgan fingerprint density at radius 3 is 2.51 bits per heavy atom. The van der Waals surface area contributed by atoms with Gasteiger partial charge in [-0.2, -0.15) is 4.98 Å². The number of aryl methyl sites for hydroxylation is 1. The number of rotatable bonds is 7. The standard InChI is InChI=1S/C28H26ClN5O2S/c1-17-6-4-5-7-23(17)31-26(35)24-18(2)30-27-32-28(37-16-19-8-12-21(29)13-9-19)33-34(27)25(24)20-10-14-22(36-3)15-11-20/h4-15,25H,16H2,1-3H3,(H,31,35)(H,30,32,33)/t25-/m0/s1. The number of aromatic nitrogens is 3. The SMILES string of the molecule is COc1ccc([C@H]2C(C(=O)Nc3ccccc3C)=C(C)Nc3nc(SCc4ccc(Cl)cc4)nn32)cc1. The minimum atomic E-state index is -0.469. The highest BCUT2D eigenvalue weighted by molar-refractivity contribution is 7.98. The van der Waals surface area contributed by atoms with Crippen molar-refractivity contribution in [3.8, 4) is 5.75 Å². The zero-order valence-corrected chi connectivity index (χ0v) is 22.2. The number of carbonyl (C=O) groups excluding carboxylic acids is 1. The molecule has 3 aromatic carbocycles. The van der Waals surface area contributed by atoms with Gasteiger partial charge in [0.05, 0.1) is 12.7 Å². The summed E-state index contributed by atoms with van der Waals surface area (Å²) < 4.78 is 7.13. The molecule has 37 heavy (non-hydrogen) atoms. The molecule has 5 rings (SSSR count). The Morgan fingerprint density at radius 2 is 1.81 bits per heavy atom. The van der Waals surface area contributed by atoms with Crippen LogP contribution in [-0.2, 0) is 10.5 Å². The van der Waals surface area contributed by atoms with Crippen molar-refractivity contribution in [3.63, 3.8) is 0 Å². The fourth-order valence-electron chi connectivity index (χ4n) is 4.21. The molecular formula is C28H26ClN5O2S. The Labute approximate surface area is 224 Å². The highest BCUT2D eigenvalue weighted by Gasteiger charge is 2.34. The zero-order valence-electron chi connectivity index (χ0n) is 20.7. The van der Waals surface area contributed by atoms with Crippen LogP contribution in [0.2, 0.25) is 5.02 Å². The molecule has 0 unspecified atom stereocenters. The quantitative estimate of drug-likeness (QED) is 0.266. The van der Waals surface area contributed by atoms with Crippen molar-refractivity contribution < 1.29 is 9.53 Å². The van der Waals surface area contributed by atoms with Gasteiger partial charge < -0.3 is 15.4 Å². The Balaban J connectivity index is 1.49. The number of nitrogens with zero attached hydrogens (tertiary/aromatic N) is 3. The summed E-state index contributed by atoms with van der Waals surface area (Å²) in [5.74, 6) is 1.82. The lowest BCUT2D eigenvalue weighted by atomic mass is 9.95. The van der Waals surface area contributed by atoms with Gasteiger partial charge in [-0.25, -0.2) is 4.68 Å². The van der Waals surface area contributed by atoms with E-state index < -0.39 is 6.04 Å². The van der Waals surface area contributed by atoms with Gasteiger partial charge in [0.15, 0.2) is 0 Å². The van der Waals surface area contributed by atoms with Crippen LogP contribution in [0.3, 0.4) is 0 Å². The van der Waals surface area contributed by atoms with Crippen molar-refractivity contribution in [1.29, 1.82) is 0 Å². The predicted octanol–water partition coefficient (Wildman–Crippen LogP) is 6.47. The number of para-hydroxylation sites is 1. The summed E-state index contributed by atoms with van der Waals surface area (Å²) in [5, 5.41) is 12.5. The number of halogens is 1. The number of benzene rings is 3. The van der Waals surface area contributed by atoms with E-state index in [1.54, 1.807) is 11.8 Å². The molecule has 0 spiro atoms. The summed E-state index contributed by atoms with van der Waals surface area (Å²) in [5.41, 5.74) is 5.07. The first-order valence-electron chi connectivity index (χ1n) is 11.8. The molecule has 1 aliphatic heterocycles. The molecular weight excluding hydrogens is 506 g/mol. The maximum absolute atomic E-state index is 13.7. The van der Waals surface area contributed by atoms with Crippen LogP contribution in [0, 0.1) is 6.92 Å². The molecule has 0 saturated heterocycles. The predicted molar refractivity (Wildman–Crippen MR) is 148 cm³/mol. The van der Waals surface area contributed by atoms with Crippen LogP contribution in [-0.4, -0.2) is 27.8 Å². The van der Waals surface area contributed by atoms with Crippen LogP contribution in [0.15, 0.2) is 89.2 Å². The minimum Gasteiger partial charge on any atom is -0.497 e. The largest absolute Gasteiger partial charge is 0.497 e. The van der Waals surface area contributed by atoms with E-state index in [9.17, 15) is 4.79 Å². The number of thioether (sulfide) groups is 1. The summed E-state index contributed by atoms with van der Waals surface area (Å²) in [6.45, 7) is 3.86. The lowest BCUT2D eigenvalue weighted by molar-refractivity contribution is -0.113. The smallest absolute Gasteiger partial charge is 0.255 e. The Kier molecular flexibility index (Phi) is 7.21. The number of methoxy groups -OCH3 is 1. The van der Waals surface area contributed by atoms with Crippen LogP contribution in [0.5, 0.6) is 5.75 Å². The highest BCUT2D eigenvalue weighted by atomic mass is 35.5. The van der Waals surface area contributed by atoms with Gasteiger partial charge in [-0.3, -0.25) is 4.79 Å². The number of ether oxygens (including phenoxy) is 1. The van der Waals surface area contributed by atoms with Crippen LogP contribution in [0.4, 0.5) is 11.6 Å². The molecule has 2 heterocycles. The fourth-order valence-corrected chi connectivity index (χ4v) is 5.12. The first-order chi connectivity index (χ1) is 17.9. The number of allylic oxidation sites excluding steroid dienone is 1. The minimum absolute atomic E-state index is 0.198. The Bertz CT molecular complexity index is 1460. The molecule has 0 fully saturated rings. The lowest BCUT2D eigenvalue weighted by Crippen LogP contribution is -2.31. The van der Waals surface area contributed by atoms with Crippen LogP contribution in [0.1, 0.15) is 29.7 Å². The highest BCUT2D eigenvalue weighted by Crippen LogP contribution is 2.37. The maximum Gasteiger partial charge on any atom is 0.255 e. The fraction of sp³-hybridized carbons (Fsp3) is 0.179. The first-order valence-corrected chi connectivity index (χ1v) is 13.1. The molecule has 1 amide bonds. The van der Waals surface area contributed by atoms with E-state index in [0.717, 1.165) is 33.8 Å². The molecule has 4 aromatic rings. The van der Waals surface area contributed by atoms with E-state index >= 15 is 0 Å². The molecule has 9 heteroatoms. The van der Waals surface area contributed by atoms with E-state index in [2.05, 4.69) is 10.6 Å². The number of anilines is 2. The second kappa shape index (κ2) is 10.7. The molecule has 1 aliphatic rings. The van der Waals surface area contributed by atoms with Crippen molar-refractivity contribution in [2.75, 3.05) is 17.7 Å². The van der Waals surface area contributed by atoms with E-state index in [1.165, 1.54) is 11.8 Å². The summed E-state index contributed by atoms with van der Waals surface area (Å²) in [4.78, 5) is 18.4. The number of nitrogens with one attached hydrogen (secondary N) is 2. The molecule has 0 bridgehead atoms. The number of amides is 1. The number of carbonyl (C=O) groups is 1. The van der Waals surface area contributed by atoms with Crippen molar-refractivity contribution in [1.82, 2.24) is 14.8 Å². The number of hydrogen-bond acceptors (Lipinski definition) is 6. The summed E-state index contributed by atoms with van der Waals surface area (Å²) in [6, 6.07) is 22.7. The summed E-state index contributed by atoms with van der Waals surface area (Å²) in [6.07, 6.45) is 0.